The maximum atomic E-state index is 12.4. The minimum Gasteiger partial charge on any atom is -0.398 e. The third-order valence-corrected chi connectivity index (χ3v) is 5.63. The number of rotatable bonds is 3. The molecule has 0 aliphatic carbocycles. The Bertz CT molecular complexity index is 787. The molecule has 3 N–H and O–H groups in total. The minimum atomic E-state index is -3.76. The summed E-state index contributed by atoms with van der Waals surface area (Å²) in [5.74, 6) is 0. The molecule has 0 spiro atoms. The lowest BCUT2D eigenvalue weighted by molar-refractivity contribution is 0.601. The Morgan fingerprint density at radius 2 is 1.71 bits per heavy atom. The van der Waals surface area contributed by atoms with E-state index in [1.165, 1.54) is 18.2 Å². The van der Waals surface area contributed by atoms with Crippen LogP contribution in [0, 0.1) is 6.92 Å². The highest BCUT2D eigenvalue weighted by Gasteiger charge is 2.18. The summed E-state index contributed by atoms with van der Waals surface area (Å²) in [7, 11) is -3.76. The number of hydrogen-bond acceptors (Lipinski definition) is 3. The molecule has 0 amide bonds. The first-order valence-electron chi connectivity index (χ1n) is 5.74. The van der Waals surface area contributed by atoms with Crippen LogP contribution in [0.15, 0.2) is 44.2 Å². The summed E-state index contributed by atoms with van der Waals surface area (Å²) in [5, 5.41) is 0.194. The maximum Gasteiger partial charge on any atom is 0.262 e. The predicted molar refractivity (Wildman–Crippen MR) is 93.3 cm³/mol. The van der Waals surface area contributed by atoms with E-state index < -0.39 is 10.0 Å². The lowest BCUT2D eigenvalue weighted by Crippen LogP contribution is -2.14. The Hall–Kier alpha value is -0.760. The van der Waals surface area contributed by atoms with Crippen molar-refractivity contribution in [1.29, 1.82) is 0 Å². The molecule has 0 atom stereocenters. The van der Waals surface area contributed by atoms with Crippen LogP contribution in [0.4, 0.5) is 11.4 Å². The third-order valence-electron chi connectivity index (χ3n) is 2.71. The standard InChI is InChI=1S/C13H11Br2ClN2O2S/c1-7-4-9(14)13(10(15)5-7)18-21(19,20)8-2-3-12(17)11(16)6-8/h2-6,18H,17H2,1H3. The Balaban J connectivity index is 2.44. The molecule has 0 unspecified atom stereocenters. The van der Waals surface area contributed by atoms with E-state index in [0.29, 0.717) is 20.3 Å². The topological polar surface area (TPSA) is 72.2 Å². The zero-order valence-electron chi connectivity index (χ0n) is 10.8. The summed E-state index contributed by atoms with van der Waals surface area (Å²) < 4.78 is 28.6. The van der Waals surface area contributed by atoms with Gasteiger partial charge in [0.15, 0.2) is 0 Å². The molecule has 112 valence electrons. The summed E-state index contributed by atoms with van der Waals surface area (Å²) in [6, 6.07) is 7.81. The van der Waals surface area contributed by atoms with Crippen LogP contribution in [0.2, 0.25) is 5.02 Å². The fourth-order valence-electron chi connectivity index (χ4n) is 1.67. The van der Waals surface area contributed by atoms with Gasteiger partial charge in [0.1, 0.15) is 0 Å². The Morgan fingerprint density at radius 3 is 2.24 bits per heavy atom. The van der Waals surface area contributed by atoms with Gasteiger partial charge in [-0.05, 0) is 74.7 Å². The monoisotopic (exact) mass is 452 g/mol. The van der Waals surface area contributed by atoms with Gasteiger partial charge in [-0.3, -0.25) is 4.72 Å². The van der Waals surface area contributed by atoms with Crippen LogP contribution >= 0.6 is 43.5 Å². The first-order valence-corrected chi connectivity index (χ1v) is 9.19. The normalized spacial score (nSPS) is 11.4. The average molecular weight is 455 g/mol. The van der Waals surface area contributed by atoms with Gasteiger partial charge >= 0.3 is 0 Å². The summed E-state index contributed by atoms with van der Waals surface area (Å²) in [4.78, 5) is 0.0427. The Morgan fingerprint density at radius 1 is 1.14 bits per heavy atom. The van der Waals surface area contributed by atoms with Gasteiger partial charge in [-0.2, -0.15) is 0 Å². The molecular weight excluding hydrogens is 443 g/mol. The van der Waals surface area contributed by atoms with Gasteiger partial charge in [-0.25, -0.2) is 8.42 Å². The summed E-state index contributed by atoms with van der Waals surface area (Å²) >= 11 is 12.6. The second kappa shape index (κ2) is 6.16. The number of nitrogens with one attached hydrogen (secondary N) is 1. The SMILES string of the molecule is Cc1cc(Br)c(NS(=O)(=O)c2ccc(N)c(Cl)c2)c(Br)c1. The molecule has 0 radical (unpaired) electrons. The molecule has 2 aromatic rings. The van der Waals surface area contributed by atoms with Crippen LogP contribution in [-0.4, -0.2) is 8.42 Å². The Labute approximate surface area is 145 Å². The number of sulfonamides is 1. The van der Waals surface area contributed by atoms with Crippen LogP contribution in [0.25, 0.3) is 0 Å². The number of benzene rings is 2. The molecule has 0 aliphatic heterocycles. The highest BCUT2D eigenvalue weighted by molar-refractivity contribution is 9.11. The summed E-state index contributed by atoms with van der Waals surface area (Å²) in [5.41, 5.74) is 7.33. The van der Waals surface area contributed by atoms with Crippen molar-refractivity contribution in [2.75, 3.05) is 10.5 Å². The minimum absolute atomic E-state index is 0.0427. The number of nitrogen functional groups attached to an aromatic ring is 1. The van der Waals surface area contributed by atoms with Gasteiger partial charge in [0.25, 0.3) is 10.0 Å². The van der Waals surface area contributed by atoms with E-state index in [9.17, 15) is 8.42 Å². The summed E-state index contributed by atoms with van der Waals surface area (Å²) in [6.07, 6.45) is 0. The first-order chi connectivity index (χ1) is 9.70. The van der Waals surface area contributed by atoms with E-state index in [4.69, 9.17) is 17.3 Å². The fourth-order valence-corrected chi connectivity index (χ4v) is 4.91. The maximum absolute atomic E-state index is 12.4. The molecule has 0 aliphatic rings. The van der Waals surface area contributed by atoms with Crippen molar-refractivity contribution in [3.8, 4) is 0 Å². The van der Waals surface area contributed by atoms with Crippen molar-refractivity contribution in [3.63, 3.8) is 0 Å². The third kappa shape index (κ3) is 3.71. The predicted octanol–water partition coefficient (Wildman–Crippen LogP) is 4.56. The summed E-state index contributed by atoms with van der Waals surface area (Å²) in [6.45, 7) is 1.91. The highest BCUT2D eigenvalue weighted by atomic mass is 79.9. The first kappa shape index (κ1) is 16.6. The van der Waals surface area contributed by atoms with Crippen molar-refractivity contribution in [1.82, 2.24) is 0 Å². The largest absolute Gasteiger partial charge is 0.398 e. The van der Waals surface area contributed by atoms with Crippen LogP contribution < -0.4 is 10.5 Å². The number of hydrogen-bond donors (Lipinski definition) is 2. The second-order valence-electron chi connectivity index (χ2n) is 4.39. The van der Waals surface area contributed by atoms with Gasteiger partial charge in [0.05, 0.1) is 21.3 Å². The van der Waals surface area contributed by atoms with Crippen molar-refractivity contribution in [3.05, 3.63) is 49.9 Å². The van der Waals surface area contributed by atoms with Gasteiger partial charge in [0, 0.05) is 8.95 Å². The molecule has 0 saturated heterocycles. The molecular formula is C13H11Br2ClN2O2S. The van der Waals surface area contributed by atoms with Gasteiger partial charge in [-0.1, -0.05) is 11.6 Å². The molecule has 21 heavy (non-hydrogen) atoms. The van der Waals surface area contributed by atoms with Gasteiger partial charge < -0.3 is 5.73 Å². The number of aryl methyl sites for hydroxylation is 1. The van der Waals surface area contributed by atoms with E-state index >= 15 is 0 Å². The lowest BCUT2D eigenvalue weighted by atomic mass is 10.2. The molecule has 0 saturated carbocycles. The smallest absolute Gasteiger partial charge is 0.262 e. The second-order valence-corrected chi connectivity index (χ2v) is 8.19. The van der Waals surface area contributed by atoms with Crippen molar-refractivity contribution in [2.24, 2.45) is 0 Å². The molecule has 4 nitrogen and oxygen atoms in total. The molecule has 0 bridgehead atoms. The molecule has 0 aromatic heterocycles. The fraction of sp³-hybridized carbons (Fsp3) is 0.0769. The Kier molecular flexibility index (Phi) is 4.87. The van der Waals surface area contributed by atoms with E-state index in [0.717, 1.165) is 5.56 Å². The zero-order valence-corrected chi connectivity index (χ0v) is 15.6. The highest BCUT2D eigenvalue weighted by Crippen LogP contribution is 2.34. The van der Waals surface area contributed by atoms with Gasteiger partial charge in [0.2, 0.25) is 0 Å². The van der Waals surface area contributed by atoms with Crippen LogP contribution in [0.3, 0.4) is 0 Å². The molecule has 8 heteroatoms. The van der Waals surface area contributed by atoms with Gasteiger partial charge in [-0.15, -0.1) is 0 Å². The number of anilines is 2. The number of nitrogens with two attached hydrogens (primary N) is 1. The van der Waals surface area contributed by atoms with Crippen LogP contribution in [0.5, 0.6) is 0 Å². The van der Waals surface area contributed by atoms with E-state index in [1.54, 1.807) is 0 Å². The molecule has 2 rings (SSSR count). The van der Waals surface area contributed by atoms with E-state index in [1.807, 2.05) is 19.1 Å². The van der Waals surface area contributed by atoms with Crippen molar-refractivity contribution >= 4 is 64.9 Å². The van der Waals surface area contributed by atoms with Crippen LogP contribution in [-0.2, 0) is 10.0 Å². The van der Waals surface area contributed by atoms with Crippen LogP contribution in [0.1, 0.15) is 5.56 Å². The zero-order chi connectivity index (χ0) is 15.8. The van der Waals surface area contributed by atoms with E-state index in [-0.39, 0.29) is 9.92 Å². The van der Waals surface area contributed by atoms with Crippen molar-refractivity contribution in [2.45, 2.75) is 11.8 Å². The van der Waals surface area contributed by atoms with E-state index in [2.05, 4.69) is 36.6 Å². The molecule has 0 fully saturated rings. The molecule has 0 heterocycles. The lowest BCUT2D eigenvalue weighted by Gasteiger charge is -2.13. The van der Waals surface area contributed by atoms with Crippen molar-refractivity contribution < 1.29 is 8.42 Å². The average Bonchev–Trinajstić information content (AvgIpc) is 2.37. The number of halogens is 3. The molecule has 2 aromatic carbocycles. The quantitative estimate of drug-likeness (QED) is 0.668.